The van der Waals surface area contributed by atoms with Gasteiger partial charge in [-0.2, -0.15) is 0 Å². The lowest BCUT2D eigenvalue weighted by molar-refractivity contribution is 0.0697. The van der Waals surface area contributed by atoms with Crippen molar-refractivity contribution < 1.29 is 14.3 Å². The first kappa shape index (κ1) is 16.0. The van der Waals surface area contributed by atoms with Crippen molar-refractivity contribution in [1.29, 1.82) is 0 Å². The molecule has 0 fully saturated rings. The summed E-state index contributed by atoms with van der Waals surface area (Å²) in [6.07, 6.45) is 0. The van der Waals surface area contributed by atoms with Crippen molar-refractivity contribution >= 4 is 17.6 Å². The molecule has 2 rings (SSSR count). The highest BCUT2D eigenvalue weighted by Crippen LogP contribution is 2.22. The molecule has 1 heterocycles. The first-order valence-corrected chi connectivity index (χ1v) is 6.56. The SMILES string of the molecule is Cc1c(C)n(C)c(=O)n(-c2cc(C(=O)O)c(Cl)cc2F)c1=O. The number of nitrogens with zero attached hydrogens (tertiary/aromatic N) is 2. The second-order valence-electron chi connectivity index (χ2n) is 4.78. The summed E-state index contributed by atoms with van der Waals surface area (Å²) in [7, 11) is 1.44. The molecule has 0 aliphatic rings. The molecule has 22 heavy (non-hydrogen) atoms. The fraction of sp³-hybridized carbons (Fsp3) is 0.214. The van der Waals surface area contributed by atoms with Gasteiger partial charge in [0.1, 0.15) is 5.82 Å². The Labute approximate surface area is 129 Å². The average Bonchev–Trinajstić information content (AvgIpc) is 2.45. The quantitative estimate of drug-likeness (QED) is 0.909. The van der Waals surface area contributed by atoms with Gasteiger partial charge in [0.05, 0.1) is 16.3 Å². The number of aromatic nitrogens is 2. The maximum absolute atomic E-state index is 14.1. The summed E-state index contributed by atoms with van der Waals surface area (Å²) in [6.45, 7) is 3.09. The Morgan fingerprint density at radius 1 is 1.27 bits per heavy atom. The largest absolute Gasteiger partial charge is 0.478 e. The van der Waals surface area contributed by atoms with Gasteiger partial charge in [-0.25, -0.2) is 18.5 Å². The van der Waals surface area contributed by atoms with Crippen LogP contribution in [-0.2, 0) is 7.05 Å². The number of benzene rings is 1. The van der Waals surface area contributed by atoms with Gasteiger partial charge in [0.2, 0.25) is 0 Å². The smallest absolute Gasteiger partial charge is 0.337 e. The third-order valence-electron chi connectivity index (χ3n) is 3.56. The molecule has 0 radical (unpaired) electrons. The summed E-state index contributed by atoms with van der Waals surface area (Å²) in [5, 5.41) is 8.73. The molecule has 0 spiro atoms. The van der Waals surface area contributed by atoms with Crippen LogP contribution >= 0.6 is 11.6 Å². The molecule has 0 unspecified atom stereocenters. The Morgan fingerprint density at radius 3 is 2.41 bits per heavy atom. The van der Waals surface area contributed by atoms with Crippen molar-refractivity contribution in [2.24, 2.45) is 7.05 Å². The summed E-state index contributed by atoms with van der Waals surface area (Å²) >= 11 is 5.66. The normalized spacial score (nSPS) is 10.8. The number of carboxylic acid groups (broad SMARTS) is 1. The first-order chi connectivity index (χ1) is 10.2. The lowest BCUT2D eigenvalue weighted by Crippen LogP contribution is -2.40. The molecule has 1 aromatic carbocycles. The van der Waals surface area contributed by atoms with E-state index in [4.69, 9.17) is 16.7 Å². The van der Waals surface area contributed by atoms with E-state index >= 15 is 0 Å². The van der Waals surface area contributed by atoms with Gasteiger partial charge in [0.15, 0.2) is 0 Å². The molecular formula is C14H12ClFN2O4. The van der Waals surface area contributed by atoms with Crippen LogP contribution in [0.15, 0.2) is 21.7 Å². The number of halogens is 2. The van der Waals surface area contributed by atoms with Crippen LogP contribution in [0.4, 0.5) is 4.39 Å². The highest BCUT2D eigenvalue weighted by Gasteiger charge is 2.19. The first-order valence-electron chi connectivity index (χ1n) is 6.18. The van der Waals surface area contributed by atoms with E-state index in [1.54, 1.807) is 6.92 Å². The second-order valence-corrected chi connectivity index (χ2v) is 5.19. The molecule has 0 aliphatic heterocycles. The minimum absolute atomic E-state index is 0.258. The second kappa shape index (κ2) is 5.42. The van der Waals surface area contributed by atoms with E-state index in [1.807, 2.05) is 0 Å². The maximum Gasteiger partial charge on any atom is 0.337 e. The van der Waals surface area contributed by atoms with Crippen molar-refractivity contribution in [3.8, 4) is 5.69 Å². The van der Waals surface area contributed by atoms with E-state index in [0.717, 1.165) is 12.1 Å². The number of aromatic carboxylic acids is 1. The Hall–Kier alpha value is -2.41. The van der Waals surface area contributed by atoms with Crippen LogP contribution < -0.4 is 11.2 Å². The molecule has 0 saturated carbocycles. The topological polar surface area (TPSA) is 81.3 Å². The van der Waals surface area contributed by atoms with Crippen LogP contribution in [0.3, 0.4) is 0 Å². The molecule has 0 atom stereocenters. The van der Waals surface area contributed by atoms with Gasteiger partial charge in [-0.05, 0) is 26.0 Å². The number of rotatable bonds is 2. The zero-order valence-electron chi connectivity index (χ0n) is 12.0. The summed E-state index contributed by atoms with van der Waals surface area (Å²) < 4.78 is 15.9. The van der Waals surface area contributed by atoms with Crippen molar-refractivity contribution in [3.05, 3.63) is 60.6 Å². The lowest BCUT2D eigenvalue weighted by atomic mass is 10.1. The third kappa shape index (κ3) is 2.33. The minimum Gasteiger partial charge on any atom is -0.478 e. The predicted octanol–water partition coefficient (Wildman–Crippen LogP) is 1.64. The third-order valence-corrected chi connectivity index (χ3v) is 3.87. The number of hydrogen-bond donors (Lipinski definition) is 1. The molecule has 116 valence electrons. The molecule has 1 aromatic heterocycles. The van der Waals surface area contributed by atoms with E-state index < -0.39 is 34.3 Å². The minimum atomic E-state index is -1.39. The molecular weight excluding hydrogens is 315 g/mol. The molecule has 2 aromatic rings. The van der Waals surface area contributed by atoms with E-state index in [9.17, 15) is 18.8 Å². The highest BCUT2D eigenvalue weighted by atomic mass is 35.5. The van der Waals surface area contributed by atoms with E-state index in [0.29, 0.717) is 10.3 Å². The van der Waals surface area contributed by atoms with Crippen LogP contribution in [0.1, 0.15) is 21.6 Å². The number of carbonyl (C=O) groups is 1. The van der Waals surface area contributed by atoms with Gasteiger partial charge < -0.3 is 9.67 Å². The van der Waals surface area contributed by atoms with Gasteiger partial charge in [0, 0.05) is 18.3 Å². The van der Waals surface area contributed by atoms with Crippen LogP contribution in [-0.4, -0.2) is 20.2 Å². The maximum atomic E-state index is 14.1. The lowest BCUT2D eigenvalue weighted by Gasteiger charge is -2.13. The molecule has 0 aliphatic carbocycles. The standard InChI is InChI=1S/C14H12ClFN2O4/c1-6-7(2)17(3)14(22)18(12(6)19)11-4-8(13(20)21)9(15)5-10(11)16/h4-5H,1-3H3,(H,20,21). The molecule has 6 nitrogen and oxygen atoms in total. The van der Waals surface area contributed by atoms with Crippen molar-refractivity contribution in [3.63, 3.8) is 0 Å². The van der Waals surface area contributed by atoms with Gasteiger partial charge in [-0.3, -0.25) is 4.79 Å². The molecule has 0 saturated heterocycles. The predicted molar refractivity (Wildman–Crippen MR) is 78.7 cm³/mol. The van der Waals surface area contributed by atoms with Gasteiger partial charge in [-0.15, -0.1) is 0 Å². The van der Waals surface area contributed by atoms with Crippen molar-refractivity contribution in [2.45, 2.75) is 13.8 Å². The van der Waals surface area contributed by atoms with Gasteiger partial charge in [-0.1, -0.05) is 11.6 Å². The van der Waals surface area contributed by atoms with E-state index in [1.165, 1.54) is 18.5 Å². The Morgan fingerprint density at radius 2 is 1.86 bits per heavy atom. The summed E-state index contributed by atoms with van der Waals surface area (Å²) in [5.41, 5.74) is -1.63. The van der Waals surface area contributed by atoms with Crippen molar-refractivity contribution in [1.82, 2.24) is 9.13 Å². The van der Waals surface area contributed by atoms with Crippen LogP contribution in [0.25, 0.3) is 5.69 Å². The number of hydrogen-bond acceptors (Lipinski definition) is 3. The monoisotopic (exact) mass is 326 g/mol. The fourth-order valence-corrected chi connectivity index (χ4v) is 2.27. The summed E-state index contributed by atoms with van der Waals surface area (Å²) in [4.78, 5) is 35.6. The van der Waals surface area contributed by atoms with Gasteiger partial charge in [0.25, 0.3) is 5.56 Å². The molecule has 0 amide bonds. The van der Waals surface area contributed by atoms with Crippen LogP contribution in [0.2, 0.25) is 5.02 Å². The van der Waals surface area contributed by atoms with Crippen molar-refractivity contribution in [2.75, 3.05) is 0 Å². The highest BCUT2D eigenvalue weighted by molar-refractivity contribution is 6.33. The van der Waals surface area contributed by atoms with Gasteiger partial charge >= 0.3 is 11.7 Å². The summed E-state index contributed by atoms with van der Waals surface area (Å²) in [6, 6.07) is 1.64. The number of carboxylic acids is 1. The van der Waals surface area contributed by atoms with Crippen LogP contribution in [0, 0.1) is 19.7 Å². The summed E-state index contributed by atoms with van der Waals surface area (Å²) in [5.74, 6) is -2.35. The zero-order chi connectivity index (χ0) is 16.8. The fourth-order valence-electron chi connectivity index (χ4n) is 2.04. The van der Waals surface area contributed by atoms with E-state index in [2.05, 4.69) is 0 Å². The Bertz CT molecular complexity index is 877. The van der Waals surface area contributed by atoms with E-state index in [-0.39, 0.29) is 10.6 Å². The Kier molecular flexibility index (Phi) is 3.93. The zero-order valence-corrected chi connectivity index (χ0v) is 12.7. The van der Waals surface area contributed by atoms with Crippen LogP contribution in [0.5, 0.6) is 0 Å². The Balaban J connectivity index is 2.96. The average molecular weight is 327 g/mol. The molecule has 0 bridgehead atoms. The molecule has 8 heteroatoms. The molecule has 1 N–H and O–H groups in total.